The van der Waals surface area contributed by atoms with Gasteiger partial charge in [-0.3, -0.25) is 0 Å². The van der Waals surface area contributed by atoms with E-state index < -0.39 is 16.6 Å². The Balaban J connectivity index is 2.72. The molecule has 128 valence electrons. The van der Waals surface area contributed by atoms with Crippen molar-refractivity contribution in [2.75, 3.05) is 0 Å². The third kappa shape index (κ3) is 2.36. The van der Waals surface area contributed by atoms with Gasteiger partial charge in [0.05, 0.1) is 0 Å². The van der Waals surface area contributed by atoms with E-state index in [2.05, 4.69) is 79.7 Å². The van der Waals surface area contributed by atoms with Gasteiger partial charge in [-0.2, -0.15) is 0 Å². The summed E-state index contributed by atoms with van der Waals surface area (Å²) in [4.78, 5) is 0. The van der Waals surface area contributed by atoms with E-state index in [-0.39, 0.29) is 10.8 Å². The minimum absolute atomic E-state index is 0.228. The van der Waals surface area contributed by atoms with Crippen molar-refractivity contribution in [2.24, 2.45) is 10.8 Å². The van der Waals surface area contributed by atoms with Crippen molar-refractivity contribution in [1.82, 2.24) is 0 Å². The molecule has 2 aliphatic rings. The van der Waals surface area contributed by atoms with Gasteiger partial charge in [0.25, 0.3) is 0 Å². The van der Waals surface area contributed by atoms with Gasteiger partial charge in [0.2, 0.25) is 0 Å². The quantitative estimate of drug-likeness (QED) is 0.452. The zero-order valence-electron chi connectivity index (χ0n) is 17.5. The summed E-state index contributed by atoms with van der Waals surface area (Å²) in [6.45, 7) is 23.9. The van der Waals surface area contributed by atoms with Gasteiger partial charge < -0.3 is 0 Å². The molecule has 0 nitrogen and oxygen atoms in total. The number of hydrogen-bond acceptors (Lipinski definition) is 0. The summed E-state index contributed by atoms with van der Waals surface area (Å²) in [5.41, 5.74) is 9.89. The molecule has 0 saturated carbocycles. The summed E-state index contributed by atoms with van der Waals surface area (Å²) >= 11 is -2.35. The van der Waals surface area contributed by atoms with Gasteiger partial charge in [0, 0.05) is 0 Å². The number of allylic oxidation sites excluding steroid dienone is 8. The van der Waals surface area contributed by atoms with Crippen LogP contribution in [0.2, 0.25) is 10.5 Å². The molecule has 0 N–H and O–H groups in total. The zero-order valence-corrected chi connectivity index (χ0v) is 19.1. The average Bonchev–Trinajstić information content (AvgIpc) is 2.66. The van der Waals surface area contributed by atoms with Crippen LogP contribution in [0, 0.1) is 10.8 Å². The van der Waals surface area contributed by atoms with E-state index in [1.165, 1.54) is 0 Å². The molecule has 0 aromatic heterocycles. The van der Waals surface area contributed by atoms with Gasteiger partial charge in [-0.15, -0.1) is 0 Å². The summed E-state index contributed by atoms with van der Waals surface area (Å²) in [6.07, 6.45) is 0. The Hall–Kier alpha value is -0.326. The molecule has 23 heavy (non-hydrogen) atoms. The van der Waals surface area contributed by atoms with Gasteiger partial charge in [0.1, 0.15) is 0 Å². The molecule has 0 aliphatic heterocycles. The Labute approximate surface area is 148 Å². The molecule has 1 heteroatoms. The van der Waals surface area contributed by atoms with Crippen molar-refractivity contribution in [3.63, 3.8) is 0 Å². The second-order valence-electron chi connectivity index (χ2n) is 9.38. The molecule has 0 radical (unpaired) electrons. The molecule has 0 aromatic rings. The molecular weight excluding hydrogens is 312 g/mol. The van der Waals surface area contributed by atoms with Gasteiger partial charge in [-0.25, -0.2) is 0 Å². The summed E-state index contributed by atoms with van der Waals surface area (Å²) in [7, 11) is 0. The van der Waals surface area contributed by atoms with Gasteiger partial charge in [0.15, 0.2) is 0 Å². The van der Waals surface area contributed by atoms with Gasteiger partial charge >= 0.3 is 148 Å². The third-order valence-electron chi connectivity index (χ3n) is 7.38. The average molecular weight is 348 g/mol. The Kier molecular flexibility index (Phi) is 4.41. The van der Waals surface area contributed by atoms with Crippen LogP contribution in [0.3, 0.4) is 0 Å². The Bertz CT molecular complexity index is 640. The predicted octanol–water partition coefficient (Wildman–Crippen LogP) is 7.54. The van der Waals surface area contributed by atoms with Crippen LogP contribution in [0.15, 0.2) is 41.2 Å². The van der Waals surface area contributed by atoms with Crippen molar-refractivity contribution in [3.8, 4) is 0 Å². The summed E-state index contributed by atoms with van der Waals surface area (Å²) < 4.78 is 3.61. The van der Waals surface area contributed by atoms with Gasteiger partial charge in [-0.05, 0) is 0 Å². The second kappa shape index (κ2) is 5.33. The van der Waals surface area contributed by atoms with E-state index in [1.807, 2.05) is 0 Å². The molecule has 0 fully saturated rings. The second-order valence-corrected chi connectivity index (χ2v) is 16.0. The van der Waals surface area contributed by atoms with E-state index >= 15 is 0 Å². The fraction of sp³-hybridized carbons (Fsp3) is 0.636. The van der Waals surface area contributed by atoms with Crippen LogP contribution in [0.4, 0.5) is 0 Å². The first kappa shape index (κ1) is 19.0. The maximum atomic E-state index is 2.64. The van der Waals surface area contributed by atoms with E-state index in [0.717, 1.165) is 0 Å². The first-order valence-corrected chi connectivity index (χ1v) is 13.7. The minimum atomic E-state index is -2.35. The molecule has 0 spiro atoms. The van der Waals surface area contributed by atoms with Crippen molar-refractivity contribution < 1.29 is 16.6 Å². The molecule has 2 aliphatic carbocycles. The zero-order chi connectivity index (χ0) is 18.1. The number of rotatable bonds is 2. The third-order valence-corrected chi connectivity index (χ3v) is 14.4. The molecule has 0 bridgehead atoms. The molecule has 0 unspecified atom stereocenters. The molecular formula is C22H36Ti. The normalized spacial score (nSPS) is 24.5. The van der Waals surface area contributed by atoms with Crippen molar-refractivity contribution in [2.45, 2.75) is 79.7 Å². The van der Waals surface area contributed by atoms with E-state index in [0.29, 0.717) is 0 Å². The Morgan fingerprint density at radius 2 is 0.783 bits per heavy atom. The maximum absolute atomic E-state index is 2.64. The van der Waals surface area contributed by atoms with Crippen LogP contribution in [-0.2, 0) is 16.6 Å². The van der Waals surface area contributed by atoms with E-state index in [9.17, 15) is 0 Å². The summed E-state index contributed by atoms with van der Waals surface area (Å²) in [5.74, 6) is 0. The summed E-state index contributed by atoms with van der Waals surface area (Å²) in [5, 5.41) is 5.28. The van der Waals surface area contributed by atoms with Crippen LogP contribution in [0.25, 0.3) is 0 Å². The van der Waals surface area contributed by atoms with E-state index in [1.54, 1.807) is 41.2 Å². The Morgan fingerprint density at radius 3 is 0.957 bits per heavy atom. The molecule has 2 rings (SSSR count). The standard InChI is InChI=1S/2C10H15.2CH3.Ti/c2*1-7-6-10(4,5)9(3)8(7)2;;;/h2*1-5H3;2*1H3;. The van der Waals surface area contributed by atoms with Crippen molar-refractivity contribution >= 4 is 0 Å². The SMILES string of the molecule is CC1=C(C)C(C)(C)[C]([Ti]([CH3])([CH3])[C]2=C(C)C(C)=C(C)C2(C)C)=C1C. The first-order valence-electron chi connectivity index (χ1n) is 9.00. The monoisotopic (exact) mass is 348 g/mol. The molecule has 0 amide bonds. The first-order chi connectivity index (χ1) is 10.2. The number of hydrogen-bond donors (Lipinski definition) is 0. The topological polar surface area (TPSA) is 0 Å². The molecule has 0 atom stereocenters. The van der Waals surface area contributed by atoms with Crippen LogP contribution in [0.1, 0.15) is 69.2 Å². The van der Waals surface area contributed by atoms with Gasteiger partial charge in [-0.1, -0.05) is 0 Å². The Morgan fingerprint density at radius 1 is 0.522 bits per heavy atom. The van der Waals surface area contributed by atoms with Crippen LogP contribution >= 0.6 is 0 Å². The molecule has 0 heterocycles. The van der Waals surface area contributed by atoms with Crippen molar-refractivity contribution in [1.29, 1.82) is 0 Å². The predicted molar refractivity (Wildman–Crippen MR) is 101 cm³/mol. The fourth-order valence-electron chi connectivity index (χ4n) is 5.81. The fourth-order valence-corrected chi connectivity index (χ4v) is 15.2. The van der Waals surface area contributed by atoms with E-state index in [4.69, 9.17) is 0 Å². The van der Waals surface area contributed by atoms with Crippen molar-refractivity contribution in [3.05, 3.63) is 41.2 Å². The molecule has 0 aromatic carbocycles. The molecule has 0 saturated heterocycles. The van der Waals surface area contributed by atoms with Crippen LogP contribution in [0.5, 0.6) is 0 Å². The van der Waals surface area contributed by atoms with Crippen LogP contribution < -0.4 is 0 Å². The van der Waals surface area contributed by atoms with Crippen LogP contribution in [-0.4, -0.2) is 0 Å². The summed E-state index contributed by atoms with van der Waals surface area (Å²) in [6, 6.07) is 0.